The van der Waals surface area contributed by atoms with Crippen LogP contribution >= 0.6 is 0 Å². The van der Waals surface area contributed by atoms with Crippen LogP contribution < -0.4 is 11.1 Å². The molecule has 1 aromatic rings. The lowest BCUT2D eigenvalue weighted by Crippen LogP contribution is -2.40. The number of benzene rings is 1. The molecule has 0 unspecified atom stereocenters. The minimum absolute atomic E-state index is 0.0365. The highest BCUT2D eigenvalue weighted by Gasteiger charge is 2.37. The van der Waals surface area contributed by atoms with Crippen LogP contribution in [0.15, 0.2) is 18.2 Å². The van der Waals surface area contributed by atoms with Crippen LogP contribution in [0.2, 0.25) is 0 Å². The van der Waals surface area contributed by atoms with Gasteiger partial charge in [0.1, 0.15) is 5.82 Å². The van der Waals surface area contributed by atoms with Gasteiger partial charge in [0, 0.05) is 23.2 Å². The zero-order valence-corrected chi connectivity index (χ0v) is 10.8. The summed E-state index contributed by atoms with van der Waals surface area (Å²) in [6.07, 6.45) is 2.48. The molecule has 1 saturated carbocycles. The van der Waals surface area contributed by atoms with Gasteiger partial charge in [-0.25, -0.2) is 4.39 Å². The van der Waals surface area contributed by atoms with Gasteiger partial charge in [-0.1, -0.05) is 6.07 Å². The van der Waals surface area contributed by atoms with E-state index in [1.54, 1.807) is 12.1 Å². The molecule has 1 aliphatic carbocycles. The molecule has 3 nitrogen and oxygen atoms in total. The van der Waals surface area contributed by atoms with Crippen molar-refractivity contribution in [3.8, 4) is 0 Å². The minimum Gasteiger partial charge on any atom is -0.366 e. The highest BCUT2D eigenvalue weighted by atomic mass is 19.1. The lowest BCUT2D eigenvalue weighted by atomic mass is 9.98. The first-order chi connectivity index (χ1) is 8.40. The lowest BCUT2D eigenvalue weighted by Gasteiger charge is -2.26. The third-order valence-electron chi connectivity index (χ3n) is 3.67. The van der Waals surface area contributed by atoms with Crippen LogP contribution in [0.25, 0.3) is 0 Å². The number of nitrogens with one attached hydrogen (secondary N) is 1. The van der Waals surface area contributed by atoms with Crippen molar-refractivity contribution in [3.63, 3.8) is 0 Å². The van der Waals surface area contributed by atoms with Crippen molar-refractivity contribution in [1.29, 1.82) is 0 Å². The Morgan fingerprint density at radius 1 is 1.50 bits per heavy atom. The fraction of sp³-hybridized carbons (Fsp3) is 0.500. The number of rotatable bonds is 5. The molecule has 0 heterocycles. The summed E-state index contributed by atoms with van der Waals surface area (Å²) in [6, 6.07) is 4.38. The summed E-state index contributed by atoms with van der Waals surface area (Å²) in [4.78, 5) is 10.9. The first kappa shape index (κ1) is 13.0. The number of carbonyl (C=O) groups is 1. The minimum atomic E-state index is -0.605. The van der Waals surface area contributed by atoms with E-state index in [1.165, 1.54) is 18.9 Å². The normalized spacial score (nSPS) is 15.7. The summed E-state index contributed by atoms with van der Waals surface area (Å²) >= 11 is 0. The summed E-state index contributed by atoms with van der Waals surface area (Å²) in [5, 5.41) is 3.37. The highest BCUT2D eigenvalue weighted by molar-refractivity contribution is 5.92. The summed E-state index contributed by atoms with van der Waals surface area (Å²) in [5.41, 5.74) is 5.91. The van der Waals surface area contributed by atoms with E-state index in [2.05, 4.69) is 19.2 Å². The van der Waals surface area contributed by atoms with Crippen molar-refractivity contribution in [2.75, 3.05) is 0 Å². The molecule has 0 bridgehead atoms. The Hall–Kier alpha value is -1.42. The van der Waals surface area contributed by atoms with E-state index in [-0.39, 0.29) is 16.9 Å². The molecule has 1 aromatic carbocycles. The second-order valence-corrected chi connectivity index (χ2v) is 5.52. The third kappa shape index (κ3) is 2.88. The van der Waals surface area contributed by atoms with Gasteiger partial charge in [0.05, 0.1) is 0 Å². The maximum atomic E-state index is 13.8. The molecule has 1 aliphatic rings. The molecule has 1 fully saturated rings. The monoisotopic (exact) mass is 250 g/mol. The Morgan fingerprint density at radius 3 is 2.67 bits per heavy atom. The predicted molar refractivity (Wildman–Crippen MR) is 68.6 cm³/mol. The van der Waals surface area contributed by atoms with Gasteiger partial charge in [0.15, 0.2) is 0 Å². The molecular weight excluding hydrogens is 231 g/mol. The van der Waals surface area contributed by atoms with Gasteiger partial charge in [-0.2, -0.15) is 0 Å². The maximum Gasteiger partial charge on any atom is 0.248 e. The molecule has 4 heteroatoms. The van der Waals surface area contributed by atoms with Crippen molar-refractivity contribution in [2.45, 2.75) is 38.8 Å². The first-order valence-corrected chi connectivity index (χ1v) is 6.23. The van der Waals surface area contributed by atoms with Crippen LogP contribution in [-0.4, -0.2) is 11.4 Å². The second-order valence-electron chi connectivity index (χ2n) is 5.52. The summed E-state index contributed by atoms with van der Waals surface area (Å²) in [5.74, 6) is -0.303. The molecular formula is C14H19FN2O. The number of hydrogen-bond donors (Lipinski definition) is 2. The molecule has 0 saturated heterocycles. The van der Waals surface area contributed by atoms with Gasteiger partial charge < -0.3 is 11.1 Å². The van der Waals surface area contributed by atoms with E-state index < -0.39 is 5.91 Å². The van der Waals surface area contributed by atoms with Gasteiger partial charge in [0.2, 0.25) is 5.91 Å². The number of hydrogen-bond acceptors (Lipinski definition) is 2. The van der Waals surface area contributed by atoms with E-state index in [4.69, 9.17) is 5.73 Å². The van der Waals surface area contributed by atoms with Gasteiger partial charge in [0.25, 0.3) is 0 Å². The van der Waals surface area contributed by atoms with Crippen LogP contribution in [0.4, 0.5) is 4.39 Å². The fourth-order valence-corrected chi connectivity index (χ4v) is 2.12. The predicted octanol–water partition coefficient (Wildman–Crippen LogP) is 2.20. The average molecular weight is 250 g/mol. The standard InChI is InChI=1S/C14H19FN2O/c1-14(2,11-5-6-11)17-8-10-4-3-9(13(16)18)7-12(10)15/h3-4,7,11,17H,5-6,8H2,1-2H3,(H2,16,18). The van der Waals surface area contributed by atoms with Crippen LogP contribution in [0.5, 0.6) is 0 Å². The van der Waals surface area contributed by atoms with Crippen LogP contribution in [0, 0.1) is 11.7 Å². The van der Waals surface area contributed by atoms with Crippen molar-refractivity contribution in [1.82, 2.24) is 5.32 Å². The van der Waals surface area contributed by atoms with E-state index in [0.717, 1.165) is 0 Å². The van der Waals surface area contributed by atoms with Crippen molar-refractivity contribution >= 4 is 5.91 Å². The Kier molecular flexibility index (Phi) is 3.39. The fourth-order valence-electron chi connectivity index (χ4n) is 2.12. The van der Waals surface area contributed by atoms with Crippen molar-refractivity contribution in [2.24, 2.45) is 11.7 Å². The van der Waals surface area contributed by atoms with Crippen molar-refractivity contribution < 1.29 is 9.18 Å². The van der Waals surface area contributed by atoms with Crippen LogP contribution in [0.3, 0.4) is 0 Å². The quantitative estimate of drug-likeness (QED) is 0.841. The van der Waals surface area contributed by atoms with E-state index in [9.17, 15) is 9.18 Å². The summed E-state index contributed by atoms with van der Waals surface area (Å²) in [6.45, 7) is 4.75. The molecule has 18 heavy (non-hydrogen) atoms. The summed E-state index contributed by atoms with van der Waals surface area (Å²) < 4.78 is 13.8. The van der Waals surface area contributed by atoms with Gasteiger partial charge in [-0.15, -0.1) is 0 Å². The molecule has 98 valence electrons. The van der Waals surface area contributed by atoms with E-state index in [0.29, 0.717) is 18.0 Å². The topological polar surface area (TPSA) is 55.1 Å². The first-order valence-electron chi connectivity index (χ1n) is 6.23. The van der Waals surface area contributed by atoms with Gasteiger partial charge in [-0.05, 0) is 44.7 Å². The Bertz CT molecular complexity index is 467. The number of amides is 1. The zero-order valence-electron chi connectivity index (χ0n) is 10.8. The number of halogens is 1. The van der Waals surface area contributed by atoms with Gasteiger partial charge >= 0.3 is 0 Å². The highest BCUT2D eigenvalue weighted by Crippen LogP contribution is 2.39. The Balaban J connectivity index is 2.03. The number of nitrogens with two attached hydrogens (primary N) is 1. The molecule has 3 N–H and O–H groups in total. The van der Waals surface area contributed by atoms with Crippen LogP contribution in [-0.2, 0) is 6.54 Å². The molecule has 0 spiro atoms. The second kappa shape index (κ2) is 4.69. The third-order valence-corrected chi connectivity index (χ3v) is 3.67. The lowest BCUT2D eigenvalue weighted by molar-refractivity contribution is 0.1000. The number of primary amides is 1. The SMILES string of the molecule is CC(C)(NCc1ccc(C(N)=O)cc1F)C1CC1. The van der Waals surface area contributed by atoms with E-state index in [1.807, 2.05) is 0 Å². The average Bonchev–Trinajstić information content (AvgIpc) is 3.11. The molecule has 0 radical (unpaired) electrons. The Labute approximate surface area is 107 Å². The van der Waals surface area contributed by atoms with Gasteiger partial charge in [-0.3, -0.25) is 4.79 Å². The van der Waals surface area contributed by atoms with Crippen LogP contribution in [0.1, 0.15) is 42.6 Å². The zero-order chi connectivity index (χ0) is 13.3. The molecule has 2 rings (SSSR count). The largest absolute Gasteiger partial charge is 0.366 e. The number of carbonyl (C=O) groups excluding carboxylic acids is 1. The van der Waals surface area contributed by atoms with E-state index >= 15 is 0 Å². The molecule has 0 atom stereocenters. The smallest absolute Gasteiger partial charge is 0.248 e. The molecule has 0 aliphatic heterocycles. The summed E-state index contributed by atoms with van der Waals surface area (Å²) in [7, 11) is 0. The molecule has 1 amide bonds. The molecule has 0 aromatic heterocycles. The Morgan fingerprint density at radius 2 is 2.17 bits per heavy atom. The van der Waals surface area contributed by atoms with Crippen molar-refractivity contribution in [3.05, 3.63) is 35.1 Å². The maximum absolute atomic E-state index is 13.8.